The van der Waals surface area contributed by atoms with Crippen molar-refractivity contribution in [1.82, 2.24) is 26.2 Å². The lowest BCUT2D eigenvalue weighted by molar-refractivity contribution is -0.140. The van der Waals surface area contributed by atoms with Crippen LogP contribution >= 0.6 is 20.6 Å². The minimum Gasteiger partial charge on any atom is -0.377 e. The van der Waals surface area contributed by atoms with E-state index in [9.17, 15) is 18.7 Å². The van der Waals surface area contributed by atoms with Crippen LogP contribution in [0.25, 0.3) is 0 Å². The van der Waals surface area contributed by atoms with Gasteiger partial charge in [0.1, 0.15) is 6.04 Å². The lowest BCUT2D eigenvalue weighted by atomic mass is 10.1. The number of alkyl halides is 2. The van der Waals surface area contributed by atoms with Gasteiger partial charge in [0, 0.05) is 28.9 Å². The van der Waals surface area contributed by atoms with Gasteiger partial charge in [-0.3, -0.25) is 10.1 Å². The number of carbonyl (C=O) groups excluding carboxylic acids is 1. The minimum absolute atomic E-state index is 0.0177. The maximum Gasteiger partial charge on any atom is 0.297 e. The third-order valence-corrected chi connectivity index (χ3v) is 7.21. The summed E-state index contributed by atoms with van der Waals surface area (Å²) in [6.07, 6.45) is 4.69. The Balaban J connectivity index is 1.58. The molecule has 2 aliphatic rings. The normalized spacial score (nSPS) is 23.8. The standard InChI is InChI=1S/C21H32F2N5O3PS/c1-13(16-6-7-17(33-16)18(24-2)27-20(30)21(22,23)32)26-11-14-12-31-10-9-28(14)19(29)15-5-3-4-8-25-15/h3-8,13-15,18,20,24-27,30H,9-12,32H2,1-2H3. The van der Waals surface area contributed by atoms with Crippen molar-refractivity contribution in [2.45, 2.75) is 43.1 Å². The van der Waals surface area contributed by atoms with E-state index >= 15 is 0 Å². The van der Waals surface area contributed by atoms with Gasteiger partial charge in [-0.1, -0.05) is 21.4 Å². The van der Waals surface area contributed by atoms with Crippen LogP contribution in [-0.2, 0) is 9.53 Å². The van der Waals surface area contributed by atoms with Gasteiger partial charge in [-0.2, -0.15) is 8.78 Å². The number of morpholine rings is 1. The van der Waals surface area contributed by atoms with Crippen molar-refractivity contribution < 1.29 is 23.4 Å². The molecule has 1 saturated heterocycles. The molecule has 5 N–H and O–H groups in total. The van der Waals surface area contributed by atoms with Crippen LogP contribution < -0.4 is 21.3 Å². The molecule has 1 fully saturated rings. The molecule has 8 nitrogen and oxygen atoms in total. The second-order valence-corrected chi connectivity index (χ2v) is 9.90. The maximum atomic E-state index is 13.3. The average Bonchev–Trinajstić information content (AvgIpc) is 3.30. The molecule has 3 heterocycles. The summed E-state index contributed by atoms with van der Waals surface area (Å²) in [4.78, 5) is 16.6. The zero-order chi connectivity index (χ0) is 24.0. The molecular weight excluding hydrogens is 471 g/mol. The van der Waals surface area contributed by atoms with E-state index in [1.54, 1.807) is 13.2 Å². The Morgan fingerprint density at radius 1 is 1.42 bits per heavy atom. The number of dihydropyridines is 1. The largest absolute Gasteiger partial charge is 0.377 e. The highest BCUT2D eigenvalue weighted by Gasteiger charge is 2.35. The summed E-state index contributed by atoms with van der Waals surface area (Å²) in [5, 5.41) is 21.6. The maximum absolute atomic E-state index is 13.3. The van der Waals surface area contributed by atoms with Crippen molar-refractivity contribution in [3.05, 3.63) is 46.3 Å². The fourth-order valence-corrected chi connectivity index (χ4v) is 4.84. The van der Waals surface area contributed by atoms with Crippen LogP contribution in [0.4, 0.5) is 8.78 Å². The molecule has 0 saturated carbocycles. The first-order chi connectivity index (χ1) is 15.7. The van der Waals surface area contributed by atoms with Crippen molar-refractivity contribution in [3.63, 3.8) is 0 Å². The molecule has 0 spiro atoms. The second-order valence-electron chi connectivity index (χ2n) is 7.98. The summed E-state index contributed by atoms with van der Waals surface area (Å²) in [7, 11) is 2.97. The number of carbonyl (C=O) groups is 1. The molecule has 0 aromatic carbocycles. The van der Waals surface area contributed by atoms with Gasteiger partial charge in [0.15, 0.2) is 6.23 Å². The highest BCUT2D eigenvalue weighted by atomic mass is 32.1. The van der Waals surface area contributed by atoms with Crippen molar-refractivity contribution >= 4 is 26.5 Å². The molecule has 3 rings (SSSR count). The molecule has 33 heavy (non-hydrogen) atoms. The first-order valence-corrected chi connectivity index (χ1v) is 12.2. The van der Waals surface area contributed by atoms with Crippen LogP contribution in [0.5, 0.6) is 0 Å². The lowest BCUT2D eigenvalue weighted by Crippen LogP contribution is -2.57. The van der Waals surface area contributed by atoms with E-state index in [-0.39, 0.29) is 24.0 Å². The van der Waals surface area contributed by atoms with Crippen LogP contribution in [0.15, 0.2) is 36.6 Å². The van der Waals surface area contributed by atoms with Crippen molar-refractivity contribution in [1.29, 1.82) is 0 Å². The zero-order valence-electron chi connectivity index (χ0n) is 18.6. The number of allylic oxidation sites excluding steroid dienone is 2. The molecule has 6 unspecified atom stereocenters. The van der Waals surface area contributed by atoms with Crippen LogP contribution in [0.1, 0.15) is 28.9 Å². The molecule has 6 atom stereocenters. The Bertz CT molecular complexity index is 850. The minimum atomic E-state index is -3.34. The summed E-state index contributed by atoms with van der Waals surface area (Å²) < 4.78 is 32.2. The topological polar surface area (TPSA) is 97.9 Å². The number of rotatable bonds is 10. The Morgan fingerprint density at radius 3 is 2.85 bits per heavy atom. The lowest BCUT2D eigenvalue weighted by Gasteiger charge is -2.38. The first kappa shape index (κ1) is 26.2. The summed E-state index contributed by atoms with van der Waals surface area (Å²) in [5.41, 5.74) is -3.34. The molecule has 184 valence electrons. The Hall–Kier alpha value is -1.46. The van der Waals surface area contributed by atoms with Gasteiger partial charge in [-0.05, 0) is 38.4 Å². The fourth-order valence-electron chi connectivity index (χ4n) is 3.64. The number of ether oxygens (including phenoxy) is 1. The van der Waals surface area contributed by atoms with Crippen LogP contribution in [-0.4, -0.2) is 73.2 Å². The predicted molar refractivity (Wildman–Crippen MR) is 128 cm³/mol. The average molecular weight is 504 g/mol. The number of nitrogens with zero attached hydrogens (tertiary/aromatic N) is 1. The smallest absolute Gasteiger partial charge is 0.297 e. The Morgan fingerprint density at radius 2 is 2.18 bits per heavy atom. The fraction of sp³-hybridized carbons (Fsp3) is 0.571. The summed E-state index contributed by atoms with van der Waals surface area (Å²) in [6.45, 7) is 4.07. The number of hydrogen-bond donors (Lipinski definition) is 5. The van der Waals surface area contributed by atoms with E-state index in [0.29, 0.717) is 26.3 Å². The van der Waals surface area contributed by atoms with Gasteiger partial charge in [0.05, 0.1) is 25.4 Å². The van der Waals surface area contributed by atoms with Crippen LogP contribution in [0, 0.1) is 0 Å². The van der Waals surface area contributed by atoms with Gasteiger partial charge in [0.2, 0.25) is 5.91 Å². The summed E-state index contributed by atoms with van der Waals surface area (Å²) >= 11 is 1.45. The Kier molecular flexibility index (Phi) is 9.34. The quantitative estimate of drug-likeness (QED) is 0.242. The van der Waals surface area contributed by atoms with E-state index in [2.05, 4.69) is 21.3 Å². The van der Waals surface area contributed by atoms with E-state index < -0.39 is 18.1 Å². The molecule has 1 aromatic heterocycles. The molecule has 0 radical (unpaired) electrons. The monoisotopic (exact) mass is 503 g/mol. The molecule has 0 bridgehead atoms. The highest BCUT2D eigenvalue weighted by Crippen LogP contribution is 2.30. The third kappa shape index (κ3) is 7.02. The van der Waals surface area contributed by atoms with Gasteiger partial charge >= 0.3 is 0 Å². The highest BCUT2D eigenvalue weighted by molar-refractivity contribution is 7.18. The van der Waals surface area contributed by atoms with Gasteiger partial charge in [-0.25, -0.2) is 0 Å². The SMILES string of the molecule is CNC(NC(O)C(F)(F)P)c1ccc(C(C)NCC2COCCN2C(=O)C2C=CC=CN2)s1. The number of thiophene rings is 1. The van der Waals surface area contributed by atoms with Crippen molar-refractivity contribution in [2.75, 3.05) is 33.4 Å². The van der Waals surface area contributed by atoms with Gasteiger partial charge in [0.25, 0.3) is 5.66 Å². The molecule has 2 aliphatic heterocycles. The number of nitrogens with one attached hydrogen (secondary N) is 4. The van der Waals surface area contributed by atoms with E-state index in [0.717, 1.165) is 9.75 Å². The van der Waals surface area contributed by atoms with Crippen LogP contribution in [0.2, 0.25) is 0 Å². The van der Waals surface area contributed by atoms with Gasteiger partial charge < -0.3 is 30.7 Å². The first-order valence-electron chi connectivity index (χ1n) is 10.8. The predicted octanol–water partition coefficient (Wildman–Crippen LogP) is 1.26. The number of aliphatic hydroxyl groups is 1. The zero-order valence-corrected chi connectivity index (χ0v) is 20.6. The number of hydrogen-bond acceptors (Lipinski definition) is 8. The molecule has 12 heteroatoms. The molecule has 1 amide bonds. The van der Waals surface area contributed by atoms with Crippen LogP contribution in [0.3, 0.4) is 0 Å². The van der Waals surface area contributed by atoms with E-state index in [1.807, 2.05) is 42.2 Å². The molecule has 1 aromatic rings. The number of amides is 1. The summed E-state index contributed by atoms with van der Waals surface area (Å²) in [6, 6.07) is 3.28. The summed E-state index contributed by atoms with van der Waals surface area (Å²) in [5.74, 6) is 0.0177. The van der Waals surface area contributed by atoms with E-state index in [4.69, 9.17) is 4.74 Å². The molecule has 0 aliphatic carbocycles. The second kappa shape index (κ2) is 11.8. The third-order valence-electron chi connectivity index (χ3n) is 5.56. The van der Waals surface area contributed by atoms with Gasteiger partial charge in [-0.15, -0.1) is 11.3 Å². The van der Waals surface area contributed by atoms with E-state index in [1.165, 1.54) is 20.6 Å². The molecular formula is C21H32F2N5O3PS. The Labute approximate surface area is 199 Å². The van der Waals surface area contributed by atoms with Crippen molar-refractivity contribution in [2.24, 2.45) is 0 Å². The number of halogens is 2. The van der Waals surface area contributed by atoms with Crippen molar-refractivity contribution in [3.8, 4) is 0 Å². The number of aliphatic hydroxyl groups excluding tert-OH is 1.